The lowest BCUT2D eigenvalue weighted by atomic mass is 9.85. The minimum Gasteiger partial charge on any atom is -0.456 e. The molecule has 0 radical (unpaired) electrons. The molecule has 0 saturated heterocycles. The van der Waals surface area contributed by atoms with Gasteiger partial charge in [0.15, 0.2) is 6.10 Å². The van der Waals surface area contributed by atoms with Crippen molar-refractivity contribution in [3.8, 4) is 71.5 Å². The van der Waals surface area contributed by atoms with Gasteiger partial charge in [0, 0.05) is 28.0 Å². The number of carbonyl (C=O) groups is 2. The SMILES string of the molecule is C#CC#CC#CC#CC#CC#CC(=O)OC[C@H](COP(=O)(O)OC1C(O)[C@H](OP(=O)(O)O)[C@H](OP(=O)(O)O)C(O)[C@@H]1O)OC(=O)CCCCCCCCCCCCCCC.S.[HH].[HH].[HH].[HH].[HH].[HH].[HH].[HH].[HH].[HH].[HH]. The van der Waals surface area contributed by atoms with Crippen LogP contribution in [0.2, 0.25) is 0 Å². The number of ether oxygens (including phenoxy) is 2. The number of terminal acetylenes is 1. The smallest absolute Gasteiger partial charge is 0.456 e. The van der Waals surface area contributed by atoms with Crippen LogP contribution in [0.15, 0.2) is 0 Å². The summed E-state index contributed by atoms with van der Waals surface area (Å²) in [7, 11) is -16.7. The van der Waals surface area contributed by atoms with Gasteiger partial charge in [-0.1, -0.05) is 84.0 Å². The molecule has 8 atom stereocenters. The van der Waals surface area contributed by atoms with E-state index >= 15 is 0 Å². The van der Waals surface area contributed by atoms with Crippen LogP contribution in [0.3, 0.4) is 0 Å². The van der Waals surface area contributed by atoms with E-state index in [-0.39, 0.29) is 35.6 Å². The normalized spacial score (nSPS) is 20.8. The highest BCUT2D eigenvalue weighted by atomic mass is 32.1. The maximum absolute atomic E-state index is 13.0. The monoisotopic (exact) mass is 960 g/mol. The molecule has 0 bridgehead atoms. The molecule has 4 unspecified atom stereocenters. The fourth-order valence-corrected chi connectivity index (χ4v) is 7.50. The van der Waals surface area contributed by atoms with Crippen molar-refractivity contribution < 1.29 is 106 Å². The highest BCUT2D eigenvalue weighted by Gasteiger charge is 2.56. The van der Waals surface area contributed by atoms with Crippen LogP contribution in [0.1, 0.15) is 113 Å². The first-order valence-corrected chi connectivity index (χ1v) is 23.4. The van der Waals surface area contributed by atoms with E-state index in [4.69, 9.17) is 24.9 Å². The average Bonchev–Trinajstić information content (AvgIpc) is 3.16. The first-order chi connectivity index (χ1) is 28.3. The van der Waals surface area contributed by atoms with Gasteiger partial charge in [0.05, 0.1) is 6.61 Å². The maximum Gasteiger partial charge on any atom is 0.472 e. The molecule has 61 heavy (non-hydrogen) atoms. The van der Waals surface area contributed by atoms with Crippen molar-refractivity contribution in [3.05, 3.63) is 0 Å². The number of rotatable bonds is 26. The third kappa shape index (κ3) is 28.2. The Morgan fingerprint density at radius 3 is 1.51 bits per heavy atom. The van der Waals surface area contributed by atoms with Gasteiger partial charge in [-0.25, -0.2) is 18.5 Å². The number of hydrogen-bond acceptors (Lipinski definition) is 14. The summed E-state index contributed by atoms with van der Waals surface area (Å²) in [5.41, 5.74) is 0. The lowest BCUT2D eigenvalue weighted by Gasteiger charge is -2.44. The lowest BCUT2D eigenvalue weighted by molar-refractivity contribution is -0.213. The van der Waals surface area contributed by atoms with E-state index in [1.165, 1.54) is 44.9 Å². The highest BCUT2D eigenvalue weighted by Crippen LogP contribution is 2.51. The largest absolute Gasteiger partial charge is 0.472 e. The number of carbonyl (C=O) groups excluding carboxylic acids is 2. The standard InChI is InChI=1S/C38H51O19P3.H2S.11H2/c1-3-5-7-9-11-13-15-16-17-19-21-23-25-27-32(40)54-30(28-52-31(39)26-24-22-20-18-14-12-10-8-6-4-2)29-53-60(50,51)57-36-33(41)34(42)37(55-58(44,45)46)38(35(36)43)56-59(47,48)49;;;;;;;;;;;;/h2,30,33-38,41-43H,3,5,7,9,11,13,15-17,19,21,23,25,27-29H2,1H3,(H,50,51)(H2,44,45,46)(H2,47,48,49);1H2;11*1H/t30-,33+,34?,35?,36?,37-,38+;;;;;;;;;;;;/m1............/s1. The van der Waals surface area contributed by atoms with Crippen LogP contribution in [0.5, 0.6) is 0 Å². The number of esters is 2. The predicted octanol–water partition coefficient (Wildman–Crippen LogP) is 4.95. The van der Waals surface area contributed by atoms with Gasteiger partial charge in [-0.3, -0.25) is 22.9 Å². The molecule has 0 aromatic rings. The summed E-state index contributed by atoms with van der Waals surface area (Å²) in [6.07, 6.45) is 1.93. The van der Waals surface area contributed by atoms with Crippen molar-refractivity contribution >= 4 is 48.9 Å². The topological polar surface area (TPSA) is 303 Å². The van der Waals surface area contributed by atoms with E-state index in [0.29, 0.717) is 12.8 Å². The Hall–Kier alpha value is -3.14. The molecular formula is C38H75O19P3S. The maximum atomic E-state index is 13.0. The molecule has 1 aliphatic rings. The first-order valence-electron chi connectivity index (χ1n) is 18.8. The van der Waals surface area contributed by atoms with Crippen molar-refractivity contribution in [1.29, 1.82) is 0 Å². The Morgan fingerprint density at radius 2 is 1.03 bits per heavy atom. The second kappa shape index (κ2) is 31.7. The average molecular weight is 961 g/mol. The molecular weight excluding hydrogens is 885 g/mol. The van der Waals surface area contributed by atoms with Gasteiger partial charge in [0.25, 0.3) is 0 Å². The zero-order valence-electron chi connectivity index (χ0n) is 33.3. The fourth-order valence-electron chi connectivity index (χ4n) is 5.40. The third-order valence-electron chi connectivity index (χ3n) is 8.14. The van der Waals surface area contributed by atoms with E-state index in [9.17, 15) is 63.1 Å². The minimum atomic E-state index is -5.63. The molecule has 0 spiro atoms. The molecule has 8 N–H and O–H groups in total. The number of phosphoric ester groups is 3. The molecule has 1 rings (SSSR count). The Bertz CT molecular complexity index is 1930. The molecule has 19 nitrogen and oxygen atoms in total. The first kappa shape index (κ1) is 57.9. The molecule has 0 heterocycles. The van der Waals surface area contributed by atoms with E-state index in [1.54, 1.807) is 0 Å². The molecule has 0 aliphatic heterocycles. The zero-order chi connectivity index (χ0) is 45.0. The highest BCUT2D eigenvalue weighted by molar-refractivity contribution is 7.59. The lowest BCUT2D eigenvalue weighted by Crippen LogP contribution is -2.65. The van der Waals surface area contributed by atoms with Gasteiger partial charge in [0.2, 0.25) is 0 Å². The summed E-state index contributed by atoms with van der Waals surface area (Å²) in [4.78, 5) is 72.2. The van der Waals surface area contributed by atoms with E-state index < -0.39 is 91.3 Å². The summed E-state index contributed by atoms with van der Waals surface area (Å²) in [5.74, 6) is 22.8. The molecule has 0 aromatic heterocycles. The van der Waals surface area contributed by atoms with Crippen molar-refractivity contribution in [1.82, 2.24) is 0 Å². The van der Waals surface area contributed by atoms with Gasteiger partial charge >= 0.3 is 35.4 Å². The van der Waals surface area contributed by atoms with Crippen LogP contribution in [-0.4, -0.2) is 108 Å². The van der Waals surface area contributed by atoms with Gasteiger partial charge in [-0.2, -0.15) is 13.5 Å². The van der Waals surface area contributed by atoms with Crippen LogP contribution in [0, 0.1) is 71.5 Å². The summed E-state index contributed by atoms with van der Waals surface area (Å²) in [6, 6.07) is 0. The van der Waals surface area contributed by atoms with E-state index in [1.807, 2.05) is 5.92 Å². The Kier molecular flexibility index (Phi) is 30.0. The molecule has 1 saturated carbocycles. The number of phosphoric acid groups is 3. The van der Waals surface area contributed by atoms with Crippen LogP contribution in [-0.2, 0) is 50.9 Å². The zero-order valence-corrected chi connectivity index (χ0v) is 37.0. The van der Waals surface area contributed by atoms with Gasteiger partial charge in [-0.15, -0.1) is 6.42 Å². The third-order valence-corrected chi connectivity index (χ3v) is 10.2. The van der Waals surface area contributed by atoms with Gasteiger partial charge in [0.1, 0.15) is 43.2 Å². The summed E-state index contributed by atoms with van der Waals surface area (Å²) >= 11 is 0. The Balaban J connectivity index is -0.000000300. The predicted molar refractivity (Wildman–Crippen MR) is 245 cm³/mol. The van der Waals surface area contributed by atoms with Crippen LogP contribution in [0.4, 0.5) is 0 Å². The van der Waals surface area contributed by atoms with Crippen molar-refractivity contribution in [3.63, 3.8) is 0 Å². The van der Waals surface area contributed by atoms with Gasteiger partial charge < -0.3 is 49.3 Å². The fraction of sp³-hybridized carbons (Fsp3) is 0.632. The summed E-state index contributed by atoms with van der Waals surface area (Å²) in [5, 5.41) is 31.6. The number of hydrogen-bond donors (Lipinski definition) is 8. The van der Waals surface area contributed by atoms with Gasteiger partial charge in [-0.05, 0) is 65.6 Å². The molecule has 362 valence electrons. The van der Waals surface area contributed by atoms with Crippen LogP contribution in [0.25, 0.3) is 0 Å². The quantitative estimate of drug-likeness (QED) is 0.0187. The van der Waals surface area contributed by atoms with Crippen LogP contribution >= 0.6 is 37.0 Å². The van der Waals surface area contributed by atoms with E-state index in [2.05, 4.69) is 75.2 Å². The summed E-state index contributed by atoms with van der Waals surface area (Å²) in [6.45, 7) is 0.365. The Labute approximate surface area is 379 Å². The molecule has 0 aromatic carbocycles. The van der Waals surface area contributed by atoms with E-state index in [0.717, 1.165) is 25.7 Å². The van der Waals surface area contributed by atoms with Crippen molar-refractivity contribution in [2.24, 2.45) is 0 Å². The number of unbranched alkanes of at least 4 members (excludes halogenated alkanes) is 12. The molecule has 1 aliphatic carbocycles. The van der Waals surface area contributed by atoms with Crippen molar-refractivity contribution in [2.45, 2.75) is 140 Å². The molecule has 1 fully saturated rings. The van der Waals surface area contributed by atoms with Crippen LogP contribution < -0.4 is 0 Å². The molecule has 23 heteroatoms. The minimum absolute atomic E-state index is 0. The molecule has 0 amide bonds. The van der Waals surface area contributed by atoms with Crippen molar-refractivity contribution in [2.75, 3.05) is 13.2 Å². The second-order valence-electron chi connectivity index (χ2n) is 13.0. The summed E-state index contributed by atoms with van der Waals surface area (Å²) < 4.78 is 64.4. The number of aliphatic hydroxyl groups excluding tert-OH is 3. The Morgan fingerprint density at radius 1 is 0.607 bits per heavy atom. The second-order valence-corrected chi connectivity index (χ2v) is 16.8. The number of aliphatic hydroxyl groups is 3.